The van der Waals surface area contributed by atoms with Gasteiger partial charge in [-0.05, 0) is 42.8 Å². The molecule has 11 heteroatoms. The highest BCUT2D eigenvalue weighted by Gasteiger charge is 2.30. The number of rotatable bonds is 13. The van der Waals surface area contributed by atoms with Crippen LogP contribution >= 0.6 is 0 Å². The number of anilines is 2. The van der Waals surface area contributed by atoms with Crippen molar-refractivity contribution in [3.05, 3.63) is 78.4 Å². The number of nitrogens with zero attached hydrogens (tertiary/aromatic N) is 1. The summed E-state index contributed by atoms with van der Waals surface area (Å²) in [4.78, 5) is 25.9. The van der Waals surface area contributed by atoms with E-state index in [9.17, 15) is 18.0 Å². The van der Waals surface area contributed by atoms with Gasteiger partial charge in [0.05, 0.1) is 36.1 Å². The molecule has 202 valence electrons. The zero-order chi connectivity index (χ0) is 27.5. The Hall–Kier alpha value is -4.09. The average Bonchev–Trinajstić information content (AvgIpc) is 2.94. The van der Waals surface area contributed by atoms with Crippen LogP contribution in [0.15, 0.2) is 77.7 Å². The molecule has 2 amide bonds. The predicted molar refractivity (Wildman–Crippen MR) is 144 cm³/mol. The molecule has 3 aromatic rings. The van der Waals surface area contributed by atoms with E-state index in [1.807, 2.05) is 0 Å². The predicted octanol–water partition coefficient (Wildman–Crippen LogP) is 3.30. The van der Waals surface area contributed by atoms with E-state index in [-0.39, 0.29) is 33.5 Å². The Kier molecular flexibility index (Phi) is 10.1. The summed E-state index contributed by atoms with van der Waals surface area (Å²) in [7, 11) is 0.276. The minimum absolute atomic E-state index is 0.00140. The van der Waals surface area contributed by atoms with Crippen LogP contribution in [0.2, 0.25) is 0 Å². The van der Waals surface area contributed by atoms with Gasteiger partial charge in [-0.15, -0.1) is 0 Å². The molecular weight excluding hydrogens is 510 g/mol. The van der Waals surface area contributed by atoms with Crippen molar-refractivity contribution in [2.75, 3.05) is 50.6 Å². The topological polar surface area (TPSA) is 123 Å². The van der Waals surface area contributed by atoms with Crippen molar-refractivity contribution in [2.45, 2.75) is 11.3 Å². The molecule has 38 heavy (non-hydrogen) atoms. The maximum Gasteiger partial charge on any atom is 0.264 e. The highest BCUT2D eigenvalue weighted by molar-refractivity contribution is 7.92. The summed E-state index contributed by atoms with van der Waals surface area (Å²) in [5.74, 6) is -0.366. The van der Waals surface area contributed by atoms with Gasteiger partial charge in [0.2, 0.25) is 5.91 Å². The number of sulfonamides is 1. The minimum atomic E-state index is -4.18. The fourth-order valence-electron chi connectivity index (χ4n) is 3.63. The monoisotopic (exact) mass is 541 g/mol. The van der Waals surface area contributed by atoms with E-state index in [4.69, 9.17) is 14.2 Å². The van der Waals surface area contributed by atoms with E-state index in [0.29, 0.717) is 25.3 Å². The van der Waals surface area contributed by atoms with E-state index in [2.05, 4.69) is 10.6 Å². The standard InChI is InChI=1S/C27H31N3O7S/c1-35-17-9-16-28-27(32)22-12-7-8-13-23(22)29-26(31)19-30(38(33,34)21-10-5-4-6-11-21)24-15-14-20(36-2)18-25(24)37-3/h4-8,10-15,18H,9,16-17,19H2,1-3H3,(H,28,32)(H,29,31). The molecular formula is C27H31N3O7S. The SMILES string of the molecule is COCCCNC(=O)c1ccccc1NC(=O)CN(c1ccc(OC)cc1OC)S(=O)(=O)c1ccccc1. The largest absolute Gasteiger partial charge is 0.497 e. The lowest BCUT2D eigenvalue weighted by Gasteiger charge is -2.26. The molecule has 0 heterocycles. The summed E-state index contributed by atoms with van der Waals surface area (Å²) in [6.45, 7) is 0.318. The van der Waals surface area contributed by atoms with Crippen molar-refractivity contribution in [2.24, 2.45) is 0 Å². The van der Waals surface area contributed by atoms with Crippen LogP contribution in [0, 0.1) is 0 Å². The molecule has 0 aliphatic carbocycles. The fraction of sp³-hybridized carbons (Fsp3) is 0.259. The van der Waals surface area contributed by atoms with Crippen LogP contribution in [0.1, 0.15) is 16.8 Å². The van der Waals surface area contributed by atoms with E-state index in [1.165, 1.54) is 38.5 Å². The summed E-state index contributed by atoms with van der Waals surface area (Å²) in [6.07, 6.45) is 0.632. The Balaban J connectivity index is 1.92. The molecule has 0 unspecified atom stereocenters. The van der Waals surface area contributed by atoms with E-state index in [0.717, 1.165) is 4.31 Å². The molecule has 3 rings (SSSR count). The maximum atomic E-state index is 13.7. The van der Waals surface area contributed by atoms with E-state index in [1.54, 1.807) is 55.6 Å². The summed E-state index contributed by atoms with van der Waals surface area (Å²) in [5, 5.41) is 5.46. The Morgan fingerprint density at radius 1 is 0.895 bits per heavy atom. The zero-order valence-electron chi connectivity index (χ0n) is 21.5. The number of hydrogen-bond acceptors (Lipinski definition) is 7. The van der Waals surface area contributed by atoms with Crippen LogP contribution in [0.25, 0.3) is 0 Å². The molecule has 0 aliphatic rings. The second kappa shape index (κ2) is 13.5. The fourth-order valence-corrected chi connectivity index (χ4v) is 5.09. The Labute approximate surface area is 222 Å². The second-order valence-electron chi connectivity index (χ2n) is 8.06. The third kappa shape index (κ3) is 7.02. The van der Waals surface area contributed by atoms with Crippen LogP contribution in [-0.2, 0) is 19.6 Å². The molecule has 3 aromatic carbocycles. The molecule has 0 spiro atoms. The Bertz CT molecular complexity index is 1350. The molecule has 0 atom stereocenters. The summed E-state index contributed by atoms with van der Waals surface area (Å²) in [6, 6.07) is 18.9. The molecule has 0 aliphatic heterocycles. The minimum Gasteiger partial charge on any atom is -0.497 e. The van der Waals surface area contributed by atoms with Crippen molar-refractivity contribution in [3.8, 4) is 11.5 Å². The van der Waals surface area contributed by atoms with E-state index < -0.39 is 22.5 Å². The van der Waals surface area contributed by atoms with Crippen LogP contribution in [0.4, 0.5) is 11.4 Å². The third-order valence-corrected chi connectivity index (χ3v) is 7.30. The lowest BCUT2D eigenvalue weighted by molar-refractivity contribution is -0.114. The quantitative estimate of drug-likeness (QED) is 0.318. The van der Waals surface area contributed by atoms with Gasteiger partial charge in [-0.2, -0.15) is 0 Å². The number of amides is 2. The molecule has 0 radical (unpaired) electrons. The number of carbonyl (C=O) groups is 2. The first-order valence-electron chi connectivity index (χ1n) is 11.8. The number of hydrogen-bond donors (Lipinski definition) is 2. The van der Waals surface area contributed by atoms with Gasteiger partial charge in [-0.25, -0.2) is 8.42 Å². The third-order valence-electron chi connectivity index (χ3n) is 5.53. The normalized spacial score (nSPS) is 10.9. The summed E-state index contributed by atoms with van der Waals surface area (Å²) >= 11 is 0. The van der Waals surface area contributed by atoms with Gasteiger partial charge < -0.3 is 24.8 Å². The number of nitrogens with one attached hydrogen (secondary N) is 2. The average molecular weight is 542 g/mol. The molecule has 0 bridgehead atoms. The first kappa shape index (κ1) is 28.5. The zero-order valence-corrected chi connectivity index (χ0v) is 22.3. The van der Waals surface area contributed by atoms with Gasteiger partial charge in [0, 0.05) is 26.3 Å². The lowest BCUT2D eigenvalue weighted by Crippen LogP contribution is -2.38. The van der Waals surface area contributed by atoms with Gasteiger partial charge >= 0.3 is 0 Å². The van der Waals surface area contributed by atoms with Crippen molar-refractivity contribution in [1.82, 2.24) is 5.32 Å². The van der Waals surface area contributed by atoms with Crippen molar-refractivity contribution in [3.63, 3.8) is 0 Å². The number of para-hydroxylation sites is 1. The van der Waals surface area contributed by atoms with Crippen LogP contribution in [0.3, 0.4) is 0 Å². The number of ether oxygens (including phenoxy) is 3. The Morgan fingerprint density at radius 3 is 2.29 bits per heavy atom. The van der Waals surface area contributed by atoms with Crippen LogP contribution < -0.4 is 24.4 Å². The highest BCUT2D eigenvalue weighted by Crippen LogP contribution is 2.35. The van der Waals surface area contributed by atoms with Crippen LogP contribution in [0.5, 0.6) is 11.5 Å². The van der Waals surface area contributed by atoms with Gasteiger partial charge in [-0.3, -0.25) is 13.9 Å². The Morgan fingerprint density at radius 2 is 1.61 bits per heavy atom. The molecule has 0 saturated carbocycles. The molecule has 0 fully saturated rings. The first-order chi connectivity index (χ1) is 18.3. The number of benzene rings is 3. The molecule has 10 nitrogen and oxygen atoms in total. The van der Waals surface area contributed by atoms with Crippen molar-refractivity contribution < 1.29 is 32.2 Å². The van der Waals surface area contributed by atoms with Crippen molar-refractivity contribution >= 4 is 33.2 Å². The molecule has 0 aromatic heterocycles. The van der Waals surface area contributed by atoms with Crippen LogP contribution in [-0.4, -0.2) is 61.3 Å². The smallest absolute Gasteiger partial charge is 0.264 e. The highest BCUT2D eigenvalue weighted by atomic mass is 32.2. The second-order valence-corrected chi connectivity index (χ2v) is 9.92. The van der Waals surface area contributed by atoms with Gasteiger partial charge in [0.25, 0.3) is 15.9 Å². The maximum absolute atomic E-state index is 13.7. The molecule has 2 N–H and O–H groups in total. The number of methoxy groups -OCH3 is 3. The summed E-state index contributed by atoms with van der Waals surface area (Å²) < 4.78 is 44.0. The van der Waals surface area contributed by atoms with Gasteiger partial charge in [0.15, 0.2) is 0 Å². The lowest BCUT2D eigenvalue weighted by atomic mass is 10.1. The van der Waals surface area contributed by atoms with Crippen molar-refractivity contribution in [1.29, 1.82) is 0 Å². The first-order valence-corrected chi connectivity index (χ1v) is 13.2. The molecule has 0 saturated heterocycles. The van der Waals surface area contributed by atoms with Gasteiger partial charge in [-0.1, -0.05) is 30.3 Å². The van der Waals surface area contributed by atoms with E-state index >= 15 is 0 Å². The number of carbonyl (C=O) groups excluding carboxylic acids is 2. The van der Waals surface area contributed by atoms with Gasteiger partial charge in [0.1, 0.15) is 18.0 Å². The summed E-state index contributed by atoms with van der Waals surface area (Å²) in [5.41, 5.74) is 0.648.